The second kappa shape index (κ2) is 4.22. The van der Waals surface area contributed by atoms with Crippen LogP contribution in [0.5, 0.6) is 5.75 Å². The zero-order valence-electron chi connectivity index (χ0n) is 9.73. The maximum atomic E-state index is 11.9. The summed E-state index contributed by atoms with van der Waals surface area (Å²) >= 11 is 0. The first-order valence-electron chi connectivity index (χ1n) is 5.42. The van der Waals surface area contributed by atoms with Crippen LogP contribution in [0.4, 0.5) is 0 Å². The van der Waals surface area contributed by atoms with Gasteiger partial charge in [0.1, 0.15) is 17.1 Å². The Morgan fingerprint density at radius 1 is 1.35 bits per heavy atom. The van der Waals surface area contributed by atoms with Crippen LogP contribution in [0.3, 0.4) is 0 Å². The Bertz CT molecular complexity index is 611. The van der Waals surface area contributed by atoms with Gasteiger partial charge >= 0.3 is 0 Å². The molecule has 1 aromatic heterocycles. The van der Waals surface area contributed by atoms with Crippen molar-refractivity contribution in [2.24, 2.45) is 0 Å². The third-order valence-corrected chi connectivity index (χ3v) is 2.56. The lowest BCUT2D eigenvalue weighted by Crippen LogP contribution is -2.09. The summed E-state index contributed by atoms with van der Waals surface area (Å²) < 4.78 is 5.50. The van der Waals surface area contributed by atoms with Crippen LogP contribution in [0.2, 0.25) is 0 Å². The van der Waals surface area contributed by atoms with Crippen molar-refractivity contribution in [3.05, 3.63) is 39.7 Å². The normalized spacial score (nSPS) is 12.9. The highest BCUT2D eigenvalue weighted by Crippen LogP contribution is 2.22. The molecule has 1 aromatic carbocycles. The minimum atomic E-state index is -0.575. The van der Waals surface area contributed by atoms with E-state index in [1.165, 1.54) is 18.2 Å². The number of aliphatic hydroxyl groups is 1. The lowest BCUT2D eigenvalue weighted by molar-refractivity contribution is 0.187. The number of phenols is 1. The van der Waals surface area contributed by atoms with Crippen molar-refractivity contribution < 1.29 is 14.6 Å². The Labute approximate surface area is 98.1 Å². The predicted molar refractivity (Wildman–Crippen MR) is 64.3 cm³/mol. The van der Waals surface area contributed by atoms with Gasteiger partial charge in [-0.3, -0.25) is 4.79 Å². The topological polar surface area (TPSA) is 70.7 Å². The van der Waals surface area contributed by atoms with Crippen molar-refractivity contribution >= 4 is 11.0 Å². The highest BCUT2D eigenvalue weighted by atomic mass is 16.3. The largest absolute Gasteiger partial charge is 0.508 e. The van der Waals surface area contributed by atoms with Crippen LogP contribution >= 0.6 is 0 Å². The fraction of sp³-hybridized carbons (Fsp3) is 0.308. The molecule has 0 unspecified atom stereocenters. The molecule has 0 radical (unpaired) electrons. The van der Waals surface area contributed by atoms with Gasteiger partial charge in [-0.05, 0) is 25.5 Å². The molecule has 0 aliphatic heterocycles. The van der Waals surface area contributed by atoms with E-state index in [1.807, 2.05) is 0 Å². The quantitative estimate of drug-likeness (QED) is 0.830. The molecule has 90 valence electrons. The molecule has 17 heavy (non-hydrogen) atoms. The zero-order chi connectivity index (χ0) is 12.6. The lowest BCUT2D eigenvalue weighted by Gasteiger charge is -2.06. The van der Waals surface area contributed by atoms with Crippen LogP contribution in [-0.4, -0.2) is 16.3 Å². The molecule has 0 fully saturated rings. The van der Waals surface area contributed by atoms with Gasteiger partial charge in [0.2, 0.25) is 0 Å². The summed E-state index contributed by atoms with van der Waals surface area (Å²) in [5, 5.41) is 19.2. The van der Waals surface area contributed by atoms with Crippen molar-refractivity contribution in [1.82, 2.24) is 0 Å². The molecule has 0 aliphatic rings. The van der Waals surface area contributed by atoms with E-state index in [9.17, 15) is 15.0 Å². The van der Waals surface area contributed by atoms with Gasteiger partial charge in [0.25, 0.3) is 0 Å². The smallest absolute Gasteiger partial charge is 0.193 e. The number of benzene rings is 1. The summed E-state index contributed by atoms with van der Waals surface area (Å²) in [4.78, 5) is 11.9. The van der Waals surface area contributed by atoms with E-state index in [-0.39, 0.29) is 17.6 Å². The molecule has 1 atom stereocenters. The number of fused-ring (bicyclic) bond motifs is 1. The Hall–Kier alpha value is -1.81. The fourth-order valence-corrected chi connectivity index (χ4v) is 1.91. The van der Waals surface area contributed by atoms with Gasteiger partial charge in [0.15, 0.2) is 5.43 Å². The summed E-state index contributed by atoms with van der Waals surface area (Å²) in [5.74, 6) is 0.481. The molecule has 0 saturated heterocycles. The lowest BCUT2D eigenvalue weighted by atomic mass is 10.1. The van der Waals surface area contributed by atoms with Crippen LogP contribution in [0.25, 0.3) is 11.0 Å². The molecule has 0 saturated carbocycles. The second-order valence-electron chi connectivity index (χ2n) is 4.27. The molecule has 1 heterocycles. The maximum absolute atomic E-state index is 11.9. The number of hydrogen-bond acceptors (Lipinski definition) is 4. The van der Waals surface area contributed by atoms with E-state index in [4.69, 9.17) is 4.42 Å². The average molecular weight is 234 g/mol. The number of aryl methyl sites for hydroxylation is 1. The fourth-order valence-electron chi connectivity index (χ4n) is 1.91. The molecule has 4 heteroatoms. The van der Waals surface area contributed by atoms with Crippen LogP contribution in [0, 0.1) is 6.92 Å². The first kappa shape index (κ1) is 11.7. The van der Waals surface area contributed by atoms with E-state index in [1.54, 1.807) is 13.8 Å². The number of rotatable bonds is 2. The van der Waals surface area contributed by atoms with E-state index in [2.05, 4.69) is 0 Å². The highest BCUT2D eigenvalue weighted by Gasteiger charge is 2.10. The SMILES string of the molecule is Cc1cc(O)cc2oc(C[C@@H](C)O)cc(=O)c12. The maximum Gasteiger partial charge on any atom is 0.193 e. The van der Waals surface area contributed by atoms with Gasteiger partial charge in [-0.2, -0.15) is 0 Å². The summed E-state index contributed by atoms with van der Waals surface area (Å²) in [6.07, 6.45) is -0.297. The van der Waals surface area contributed by atoms with Gasteiger partial charge in [0, 0.05) is 18.6 Å². The van der Waals surface area contributed by atoms with E-state index < -0.39 is 6.10 Å². The molecule has 0 spiro atoms. The average Bonchev–Trinajstić information content (AvgIpc) is 2.13. The Kier molecular flexibility index (Phi) is 2.90. The molecule has 0 aliphatic carbocycles. The Morgan fingerprint density at radius 3 is 2.71 bits per heavy atom. The Morgan fingerprint density at radius 2 is 2.06 bits per heavy atom. The third kappa shape index (κ3) is 2.31. The first-order chi connectivity index (χ1) is 7.97. The molecular formula is C13H14O4. The zero-order valence-corrected chi connectivity index (χ0v) is 9.73. The van der Waals surface area contributed by atoms with Gasteiger partial charge in [-0.25, -0.2) is 0 Å². The first-order valence-corrected chi connectivity index (χ1v) is 5.42. The van der Waals surface area contributed by atoms with Gasteiger partial charge < -0.3 is 14.6 Å². The van der Waals surface area contributed by atoms with Crippen molar-refractivity contribution in [2.75, 3.05) is 0 Å². The van der Waals surface area contributed by atoms with E-state index in [0.29, 0.717) is 22.3 Å². The summed E-state index contributed by atoms with van der Waals surface area (Å²) in [6.45, 7) is 3.37. The van der Waals surface area contributed by atoms with Crippen LogP contribution in [-0.2, 0) is 6.42 Å². The summed E-state index contributed by atoms with van der Waals surface area (Å²) in [7, 11) is 0. The number of phenolic OH excluding ortho intramolecular Hbond substituents is 1. The molecule has 0 amide bonds. The predicted octanol–water partition coefficient (Wildman–Crippen LogP) is 1.73. The minimum Gasteiger partial charge on any atom is -0.508 e. The van der Waals surface area contributed by atoms with Gasteiger partial charge in [0.05, 0.1) is 11.5 Å². The summed E-state index contributed by atoms with van der Waals surface area (Å²) in [6, 6.07) is 4.32. The highest BCUT2D eigenvalue weighted by molar-refractivity contribution is 5.81. The van der Waals surface area contributed by atoms with Crippen LogP contribution in [0.1, 0.15) is 18.2 Å². The third-order valence-electron chi connectivity index (χ3n) is 2.56. The molecule has 2 N–H and O–H groups in total. The molecule has 2 rings (SSSR count). The molecular weight excluding hydrogens is 220 g/mol. The monoisotopic (exact) mass is 234 g/mol. The van der Waals surface area contributed by atoms with Crippen LogP contribution in [0.15, 0.2) is 27.4 Å². The van der Waals surface area contributed by atoms with Crippen LogP contribution < -0.4 is 5.43 Å². The minimum absolute atomic E-state index is 0.0624. The van der Waals surface area contributed by atoms with Gasteiger partial charge in [-0.1, -0.05) is 0 Å². The van der Waals surface area contributed by atoms with E-state index in [0.717, 1.165) is 0 Å². The van der Waals surface area contributed by atoms with Gasteiger partial charge in [-0.15, -0.1) is 0 Å². The van der Waals surface area contributed by atoms with Crippen molar-refractivity contribution in [2.45, 2.75) is 26.4 Å². The number of hydrogen-bond donors (Lipinski definition) is 2. The standard InChI is InChI=1S/C13H14O4/c1-7-3-9(15)5-12-13(7)11(16)6-10(17-12)4-8(2)14/h3,5-6,8,14-15H,4H2,1-2H3/t8-/m1/s1. The van der Waals surface area contributed by atoms with E-state index >= 15 is 0 Å². The van der Waals surface area contributed by atoms with Crippen molar-refractivity contribution in [3.8, 4) is 5.75 Å². The van der Waals surface area contributed by atoms with Crippen molar-refractivity contribution in [3.63, 3.8) is 0 Å². The Balaban J connectivity index is 2.69. The summed E-state index contributed by atoms with van der Waals surface area (Å²) in [5.41, 5.74) is 0.877. The van der Waals surface area contributed by atoms with Crippen molar-refractivity contribution in [1.29, 1.82) is 0 Å². The molecule has 2 aromatic rings. The number of aromatic hydroxyl groups is 1. The molecule has 0 bridgehead atoms. The number of aliphatic hydroxyl groups excluding tert-OH is 1. The second-order valence-corrected chi connectivity index (χ2v) is 4.27. The molecule has 4 nitrogen and oxygen atoms in total.